The van der Waals surface area contributed by atoms with Gasteiger partial charge in [-0.05, 0) is 0 Å². The number of amides is 2. The first kappa shape index (κ1) is 27.3. The second-order valence-corrected chi connectivity index (χ2v) is 13.6. The van der Waals surface area contributed by atoms with Gasteiger partial charge in [-0.1, -0.05) is 0 Å². The van der Waals surface area contributed by atoms with Crippen LogP contribution in [0.1, 0.15) is 19.4 Å². The monoisotopic (exact) mass is 615 g/mol. The number of hydrogen-bond acceptors (Lipinski definition) is 5. The summed E-state index contributed by atoms with van der Waals surface area (Å²) in [6.07, 6.45) is -0.620. The fourth-order valence-electron chi connectivity index (χ4n) is 4.72. The van der Waals surface area contributed by atoms with Crippen LogP contribution in [0.25, 0.3) is 0 Å². The van der Waals surface area contributed by atoms with Crippen molar-refractivity contribution in [1.82, 2.24) is 14.1 Å². The van der Waals surface area contributed by atoms with Gasteiger partial charge in [0.1, 0.15) is 0 Å². The molecule has 36 heavy (non-hydrogen) atoms. The third-order valence-electron chi connectivity index (χ3n) is 6.54. The van der Waals surface area contributed by atoms with E-state index in [1.807, 2.05) is 26.0 Å². The van der Waals surface area contributed by atoms with Gasteiger partial charge in [-0.3, -0.25) is 0 Å². The van der Waals surface area contributed by atoms with Crippen LogP contribution in [0.3, 0.4) is 0 Å². The molecule has 4 unspecified atom stereocenters. The third kappa shape index (κ3) is 5.01. The van der Waals surface area contributed by atoms with Gasteiger partial charge in [0.05, 0.1) is 0 Å². The summed E-state index contributed by atoms with van der Waals surface area (Å²) in [6, 6.07) is 10.5. The summed E-state index contributed by atoms with van der Waals surface area (Å²) in [5.41, 5.74) is 0.824. The Bertz CT molecular complexity index is 1280. The number of benzene rings is 2. The van der Waals surface area contributed by atoms with E-state index in [2.05, 4.69) is 0 Å². The zero-order chi connectivity index (χ0) is 26.4. The van der Waals surface area contributed by atoms with Crippen LogP contribution in [-0.4, -0.2) is 89.6 Å². The first-order chi connectivity index (χ1) is 16.9. The van der Waals surface area contributed by atoms with Crippen molar-refractivity contribution in [3.63, 3.8) is 0 Å². The molecule has 2 aromatic carbocycles. The van der Waals surface area contributed by atoms with Gasteiger partial charge in [-0.2, -0.15) is 0 Å². The molecule has 0 aliphatic carbocycles. The number of ether oxygens (including phenoxy) is 1. The van der Waals surface area contributed by atoms with Crippen LogP contribution in [0, 0.1) is 0 Å². The predicted molar refractivity (Wildman–Crippen MR) is 141 cm³/mol. The number of carbonyl (C=O) groups is 2. The number of piperazine rings is 1. The standard InChI is InChI=1S/C24H28AsCl2N3O5S/c1-14(2)28-13-22-29(36(33,34)21-11-17(27)8-9-20(21)35-3)12-18(25)23(31)30(22)19(24(28)32)10-15-4-6-16(26)7-5-15/h4-9,11,14,18-19,22H,10,12-13,25H2,1-3H3. The SMILES string of the molecule is COc1ccc(Cl)cc1S(=O)(=O)N1CC([AsH2])C(=O)N2C(Cc3ccc(Cl)cc3)C(=O)N(C(C)C)CC21. The number of halogens is 2. The first-order valence-electron chi connectivity index (χ1n) is 11.4. The van der Waals surface area contributed by atoms with Gasteiger partial charge < -0.3 is 0 Å². The number of nitrogens with zero attached hydrogens (tertiary/aromatic N) is 3. The summed E-state index contributed by atoms with van der Waals surface area (Å²) in [5, 5.41) is 0.813. The molecule has 12 heteroatoms. The van der Waals surface area contributed by atoms with E-state index < -0.39 is 26.9 Å². The van der Waals surface area contributed by atoms with Gasteiger partial charge in [0.2, 0.25) is 0 Å². The molecule has 0 aromatic heterocycles. The number of sulfonamides is 1. The molecule has 2 aliphatic rings. The number of carbonyl (C=O) groups excluding carboxylic acids is 2. The van der Waals surface area contributed by atoms with Crippen LogP contribution >= 0.6 is 23.2 Å². The predicted octanol–water partition coefficient (Wildman–Crippen LogP) is 2.44. The van der Waals surface area contributed by atoms with Gasteiger partial charge in [-0.25, -0.2) is 0 Å². The topological polar surface area (TPSA) is 87.2 Å². The summed E-state index contributed by atoms with van der Waals surface area (Å²) in [4.78, 5) is 30.2. The Morgan fingerprint density at radius 2 is 1.67 bits per heavy atom. The third-order valence-corrected chi connectivity index (χ3v) is 9.96. The van der Waals surface area contributed by atoms with Crippen LogP contribution in [0.5, 0.6) is 5.75 Å². The minimum absolute atomic E-state index is 0.00575. The summed E-state index contributed by atoms with van der Waals surface area (Å²) < 4.78 is 34.1. The zero-order valence-electron chi connectivity index (χ0n) is 20.1. The van der Waals surface area contributed by atoms with Crippen molar-refractivity contribution in [2.45, 2.75) is 48.1 Å². The molecule has 2 fully saturated rings. The van der Waals surface area contributed by atoms with Gasteiger partial charge in [0, 0.05) is 0 Å². The van der Waals surface area contributed by atoms with Crippen molar-refractivity contribution in [1.29, 1.82) is 0 Å². The van der Waals surface area contributed by atoms with Crippen LogP contribution in [0.2, 0.25) is 14.8 Å². The van der Waals surface area contributed by atoms with Crippen molar-refractivity contribution in [2.24, 2.45) is 0 Å². The summed E-state index contributed by atoms with van der Waals surface area (Å²) in [5.74, 6) is -0.268. The Labute approximate surface area is 230 Å². The normalized spacial score (nSPS) is 23.2. The van der Waals surface area contributed by atoms with Crippen molar-refractivity contribution < 1.29 is 22.7 Å². The molecule has 2 heterocycles. The zero-order valence-corrected chi connectivity index (χ0v) is 24.8. The fourth-order valence-corrected chi connectivity index (χ4v) is 8.02. The molecule has 4 atom stereocenters. The van der Waals surface area contributed by atoms with Crippen molar-refractivity contribution in [2.75, 3.05) is 20.2 Å². The number of rotatable bonds is 6. The Hall–Kier alpha value is -1.77. The van der Waals surface area contributed by atoms with Gasteiger partial charge in [-0.15, -0.1) is 0 Å². The van der Waals surface area contributed by atoms with E-state index in [0.717, 1.165) is 22.4 Å². The Morgan fingerprint density at radius 3 is 2.28 bits per heavy atom. The van der Waals surface area contributed by atoms with Crippen molar-refractivity contribution >= 4 is 61.9 Å². The molecule has 8 nitrogen and oxygen atoms in total. The number of methoxy groups -OCH3 is 1. The molecule has 2 aromatic rings. The molecular weight excluding hydrogens is 588 g/mol. The van der Waals surface area contributed by atoms with E-state index in [4.69, 9.17) is 27.9 Å². The molecule has 2 amide bonds. The van der Waals surface area contributed by atoms with Gasteiger partial charge in [0.25, 0.3) is 0 Å². The van der Waals surface area contributed by atoms with Gasteiger partial charge >= 0.3 is 231 Å². The molecule has 4 rings (SSSR count). The maximum atomic E-state index is 14.0. The molecule has 0 N–H and O–H groups in total. The average Bonchev–Trinajstić information content (AvgIpc) is 2.83. The second-order valence-electron chi connectivity index (χ2n) is 9.13. The van der Waals surface area contributed by atoms with Crippen LogP contribution in [0.15, 0.2) is 47.4 Å². The summed E-state index contributed by atoms with van der Waals surface area (Å²) in [7, 11) is -2.75. The Kier molecular flexibility index (Phi) is 7.98. The first-order valence-corrected chi connectivity index (χ1v) is 15.0. The number of hydrogen-bond donors (Lipinski definition) is 0. The Morgan fingerprint density at radius 1 is 1.03 bits per heavy atom. The molecule has 194 valence electrons. The van der Waals surface area contributed by atoms with E-state index in [9.17, 15) is 18.0 Å². The van der Waals surface area contributed by atoms with E-state index in [-0.39, 0.29) is 53.0 Å². The molecule has 0 bridgehead atoms. The molecule has 0 saturated carbocycles. The van der Waals surface area contributed by atoms with Crippen molar-refractivity contribution in [3.05, 3.63) is 58.1 Å². The molecule has 0 spiro atoms. The van der Waals surface area contributed by atoms with E-state index in [1.165, 1.54) is 28.4 Å². The average molecular weight is 616 g/mol. The quantitative estimate of drug-likeness (QED) is 0.466. The molecule has 0 radical (unpaired) electrons. The fraction of sp³-hybridized carbons (Fsp3) is 0.417. The van der Waals surface area contributed by atoms with Crippen LogP contribution in [0.4, 0.5) is 0 Å². The van der Waals surface area contributed by atoms with E-state index >= 15 is 0 Å². The second kappa shape index (κ2) is 10.5. The summed E-state index contributed by atoms with van der Waals surface area (Å²) >= 11 is 13.3. The molecule has 2 aliphatic heterocycles. The molecular formula is C24H28AsCl2N3O5S. The Balaban J connectivity index is 1.81. The van der Waals surface area contributed by atoms with E-state index in [0.29, 0.717) is 5.02 Å². The van der Waals surface area contributed by atoms with E-state index in [1.54, 1.807) is 23.1 Å². The van der Waals surface area contributed by atoms with Crippen LogP contribution < -0.4 is 4.74 Å². The van der Waals surface area contributed by atoms with Crippen molar-refractivity contribution in [3.8, 4) is 5.75 Å². The maximum absolute atomic E-state index is 14.0. The number of fused-ring (bicyclic) bond motifs is 1. The molecule has 2 saturated heterocycles. The van der Waals surface area contributed by atoms with Crippen LogP contribution in [-0.2, 0) is 26.0 Å². The summed E-state index contributed by atoms with van der Waals surface area (Å²) in [6.45, 7) is 3.83. The minimum atomic E-state index is -4.14. The van der Waals surface area contributed by atoms with Gasteiger partial charge in [0.15, 0.2) is 0 Å².